The van der Waals surface area contributed by atoms with Crippen LogP contribution in [0.4, 0.5) is 17.1 Å². The van der Waals surface area contributed by atoms with Gasteiger partial charge >= 0.3 is 0 Å². The molecule has 1 atom stereocenters. The van der Waals surface area contributed by atoms with Crippen molar-refractivity contribution in [3.05, 3.63) is 75.0 Å². The number of nitro groups is 1. The fraction of sp³-hybridized carbons (Fsp3) is 0.292. The molecule has 1 aliphatic rings. The van der Waals surface area contributed by atoms with E-state index < -0.39 is 34.3 Å². The van der Waals surface area contributed by atoms with Gasteiger partial charge in [-0.15, -0.1) is 0 Å². The van der Waals surface area contributed by atoms with E-state index in [9.17, 15) is 29.6 Å². The summed E-state index contributed by atoms with van der Waals surface area (Å²) in [5, 5.41) is 24.9. The normalized spacial score (nSPS) is 15.8. The predicted molar refractivity (Wildman–Crippen MR) is 123 cm³/mol. The van der Waals surface area contributed by atoms with Gasteiger partial charge in [-0.3, -0.25) is 29.4 Å². The number of anilines is 2. The lowest BCUT2D eigenvalue weighted by molar-refractivity contribution is -0.385. The molecule has 0 aliphatic carbocycles. The second kappa shape index (κ2) is 9.23. The summed E-state index contributed by atoms with van der Waals surface area (Å²) in [7, 11) is 0. The SMILES string of the molecule is CCc1ccc([C@H]2C(C(=O)C(C)C)=C(O)C(=O)N2c2ccc(NC(C)=O)cc2)cc1[N+](=O)[O-]. The van der Waals surface area contributed by atoms with Gasteiger partial charge in [-0.25, -0.2) is 0 Å². The van der Waals surface area contributed by atoms with Crippen LogP contribution in [0.25, 0.3) is 0 Å². The number of carbonyl (C=O) groups excluding carboxylic acids is 3. The van der Waals surface area contributed by atoms with Crippen molar-refractivity contribution in [1.82, 2.24) is 0 Å². The number of nitrogens with zero attached hydrogens (tertiary/aromatic N) is 2. The maximum Gasteiger partial charge on any atom is 0.294 e. The van der Waals surface area contributed by atoms with Gasteiger partial charge in [-0.2, -0.15) is 0 Å². The van der Waals surface area contributed by atoms with Crippen LogP contribution in [-0.4, -0.2) is 27.6 Å². The van der Waals surface area contributed by atoms with Crippen molar-refractivity contribution in [1.29, 1.82) is 0 Å². The fourth-order valence-electron chi connectivity index (χ4n) is 3.88. The average Bonchev–Trinajstić information content (AvgIpc) is 3.03. The van der Waals surface area contributed by atoms with E-state index in [0.717, 1.165) is 0 Å². The second-order valence-corrected chi connectivity index (χ2v) is 8.09. The minimum atomic E-state index is -1.04. The molecular formula is C24H25N3O6. The van der Waals surface area contributed by atoms with Crippen LogP contribution >= 0.6 is 0 Å². The van der Waals surface area contributed by atoms with Gasteiger partial charge < -0.3 is 10.4 Å². The second-order valence-electron chi connectivity index (χ2n) is 8.09. The Kier molecular flexibility index (Phi) is 6.62. The highest BCUT2D eigenvalue weighted by molar-refractivity contribution is 6.17. The van der Waals surface area contributed by atoms with E-state index in [4.69, 9.17) is 0 Å². The smallest absolute Gasteiger partial charge is 0.294 e. The molecule has 33 heavy (non-hydrogen) atoms. The van der Waals surface area contributed by atoms with Crippen molar-refractivity contribution in [2.75, 3.05) is 10.2 Å². The molecule has 0 aromatic heterocycles. The monoisotopic (exact) mass is 451 g/mol. The molecule has 0 radical (unpaired) electrons. The van der Waals surface area contributed by atoms with Crippen LogP contribution in [0.2, 0.25) is 0 Å². The van der Waals surface area contributed by atoms with Crippen LogP contribution < -0.4 is 10.2 Å². The highest BCUT2D eigenvalue weighted by Gasteiger charge is 2.45. The first kappa shape index (κ1) is 23.6. The van der Waals surface area contributed by atoms with E-state index in [1.807, 2.05) is 0 Å². The molecule has 1 aliphatic heterocycles. The summed E-state index contributed by atoms with van der Waals surface area (Å²) in [5.41, 5.74) is 1.51. The van der Waals surface area contributed by atoms with Crippen molar-refractivity contribution in [3.63, 3.8) is 0 Å². The Labute approximate surface area is 190 Å². The van der Waals surface area contributed by atoms with E-state index in [-0.39, 0.29) is 17.2 Å². The zero-order valence-corrected chi connectivity index (χ0v) is 18.8. The molecule has 2 amide bonds. The van der Waals surface area contributed by atoms with Crippen molar-refractivity contribution < 1.29 is 24.4 Å². The summed E-state index contributed by atoms with van der Waals surface area (Å²) in [6, 6.07) is 9.86. The highest BCUT2D eigenvalue weighted by Crippen LogP contribution is 2.43. The first-order valence-electron chi connectivity index (χ1n) is 10.5. The van der Waals surface area contributed by atoms with Crippen molar-refractivity contribution in [2.24, 2.45) is 5.92 Å². The molecule has 0 bridgehead atoms. The third kappa shape index (κ3) is 4.48. The van der Waals surface area contributed by atoms with Gasteiger partial charge in [0.2, 0.25) is 5.91 Å². The number of Topliss-reactive ketones (excluding diaryl/α,β-unsaturated/α-hetero) is 1. The summed E-state index contributed by atoms with van der Waals surface area (Å²) < 4.78 is 0. The van der Waals surface area contributed by atoms with Gasteiger partial charge in [0, 0.05) is 35.8 Å². The summed E-state index contributed by atoms with van der Waals surface area (Å²) in [5.74, 6) is -2.65. The van der Waals surface area contributed by atoms with Crippen LogP contribution in [-0.2, 0) is 20.8 Å². The molecule has 172 valence electrons. The molecule has 2 aromatic rings. The number of carbonyl (C=O) groups is 3. The lowest BCUT2D eigenvalue weighted by Crippen LogP contribution is -2.31. The number of aryl methyl sites for hydroxylation is 1. The first-order chi connectivity index (χ1) is 15.6. The zero-order valence-electron chi connectivity index (χ0n) is 18.8. The Morgan fingerprint density at radius 1 is 1.18 bits per heavy atom. The molecule has 9 heteroatoms. The van der Waals surface area contributed by atoms with Crippen LogP contribution in [0.15, 0.2) is 53.8 Å². The molecule has 0 fully saturated rings. The Hall–Kier alpha value is -4.01. The van der Waals surface area contributed by atoms with Crippen molar-refractivity contribution >= 4 is 34.7 Å². The topological polar surface area (TPSA) is 130 Å². The van der Waals surface area contributed by atoms with Crippen LogP contribution in [0, 0.1) is 16.0 Å². The van der Waals surface area contributed by atoms with E-state index in [2.05, 4.69) is 5.32 Å². The zero-order chi connectivity index (χ0) is 24.4. The standard InChI is InChI=1S/C24H25N3O6/c1-5-15-6-7-16(12-19(15)27(32)33)21-20(22(29)13(2)3)23(30)24(31)26(21)18-10-8-17(9-11-18)25-14(4)28/h6-13,21,30H,5H2,1-4H3,(H,25,28)/t21-/m0/s1. The van der Waals surface area contributed by atoms with Gasteiger partial charge in [0.05, 0.1) is 16.5 Å². The number of aliphatic hydroxyl groups excluding tert-OH is 1. The van der Waals surface area contributed by atoms with E-state index in [0.29, 0.717) is 28.9 Å². The summed E-state index contributed by atoms with van der Waals surface area (Å²) in [6.45, 7) is 6.46. The number of rotatable bonds is 7. The third-order valence-electron chi connectivity index (χ3n) is 5.47. The Balaban J connectivity index is 2.18. The lowest BCUT2D eigenvalue weighted by Gasteiger charge is -2.27. The van der Waals surface area contributed by atoms with Gasteiger partial charge in [0.15, 0.2) is 11.5 Å². The van der Waals surface area contributed by atoms with Gasteiger partial charge in [0.25, 0.3) is 11.6 Å². The summed E-state index contributed by atoms with van der Waals surface area (Å²) in [6.07, 6.45) is 0.438. The molecule has 0 saturated carbocycles. The minimum Gasteiger partial charge on any atom is -0.503 e. The van der Waals surface area contributed by atoms with Gasteiger partial charge in [-0.05, 0) is 36.2 Å². The van der Waals surface area contributed by atoms with Crippen molar-refractivity contribution in [2.45, 2.75) is 40.2 Å². The molecule has 0 saturated heterocycles. The van der Waals surface area contributed by atoms with Crippen LogP contribution in [0.5, 0.6) is 0 Å². The molecule has 9 nitrogen and oxygen atoms in total. The number of hydrogen-bond acceptors (Lipinski definition) is 6. The maximum absolute atomic E-state index is 13.1. The average molecular weight is 451 g/mol. The van der Waals surface area contributed by atoms with Gasteiger partial charge in [0.1, 0.15) is 0 Å². The summed E-state index contributed by atoms with van der Waals surface area (Å²) >= 11 is 0. The Morgan fingerprint density at radius 2 is 1.82 bits per heavy atom. The van der Waals surface area contributed by atoms with Crippen molar-refractivity contribution in [3.8, 4) is 0 Å². The first-order valence-corrected chi connectivity index (χ1v) is 10.5. The lowest BCUT2D eigenvalue weighted by atomic mass is 9.90. The number of benzene rings is 2. The van der Waals surface area contributed by atoms with Gasteiger partial charge in [-0.1, -0.05) is 32.9 Å². The summed E-state index contributed by atoms with van der Waals surface area (Å²) in [4.78, 5) is 49.8. The number of nitro benzene ring substituents is 1. The largest absolute Gasteiger partial charge is 0.503 e. The quantitative estimate of drug-likeness (QED) is 0.478. The van der Waals surface area contributed by atoms with E-state index >= 15 is 0 Å². The third-order valence-corrected chi connectivity index (χ3v) is 5.47. The molecule has 3 rings (SSSR count). The Bertz CT molecular complexity index is 1170. The fourth-order valence-corrected chi connectivity index (χ4v) is 3.88. The number of aliphatic hydroxyl groups is 1. The maximum atomic E-state index is 13.1. The van der Waals surface area contributed by atoms with Crippen LogP contribution in [0.3, 0.4) is 0 Å². The highest BCUT2D eigenvalue weighted by atomic mass is 16.6. The number of nitrogens with one attached hydrogen (secondary N) is 1. The van der Waals surface area contributed by atoms with E-state index in [1.54, 1.807) is 57.2 Å². The molecule has 1 heterocycles. The number of amides is 2. The van der Waals surface area contributed by atoms with Crippen LogP contribution in [0.1, 0.15) is 44.9 Å². The molecule has 2 aromatic carbocycles. The molecule has 2 N–H and O–H groups in total. The molecular weight excluding hydrogens is 426 g/mol. The Morgan fingerprint density at radius 3 is 2.33 bits per heavy atom. The molecule has 0 spiro atoms. The predicted octanol–water partition coefficient (Wildman–Crippen LogP) is 4.24. The number of hydrogen-bond donors (Lipinski definition) is 2. The minimum absolute atomic E-state index is 0.0977. The number of ketones is 1. The van der Waals surface area contributed by atoms with E-state index in [1.165, 1.54) is 17.9 Å². The molecule has 0 unspecified atom stereocenters.